The minimum Gasteiger partial charge on any atom is -0.377 e. The highest BCUT2D eigenvalue weighted by molar-refractivity contribution is 7.86. The zero-order valence-corrected chi connectivity index (χ0v) is 23.9. The average molecular weight is 567 g/mol. The van der Waals surface area contributed by atoms with Crippen LogP contribution < -0.4 is 0 Å². The Morgan fingerprint density at radius 1 is 0.526 bits per heavy atom. The van der Waals surface area contributed by atoms with E-state index in [-0.39, 0.29) is 24.2 Å². The van der Waals surface area contributed by atoms with Gasteiger partial charge in [-0.1, -0.05) is 17.7 Å². The second-order valence-electron chi connectivity index (χ2n) is 8.30. The second-order valence-corrected chi connectivity index (χ2v) is 9.91. The van der Waals surface area contributed by atoms with Crippen molar-refractivity contribution in [2.75, 3.05) is 106 Å². The van der Waals surface area contributed by atoms with Crippen LogP contribution in [0.5, 0.6) is 0 Å². The second kappa shape index (κ2) is 23.7. The van der Waals surface area contributed by atoms with Crippen LogP contribution in [-0.2, 0) is 52.2 Å². The first kappa shape index (κ1) is 34.8. The Kier molecular flexibility index (Phi) is 21.7. The van der Waals surface area contributed by atoms with Gasteiger partial charge in [0.05, 0.1) is 117 Å². The highest BCUT2D eigenvalue weighted by atomic mass is 32.2. The summed E-state index contributed by atoms with van der Waals surface area (Å²) < 4.78 is 72.2. The maximum atomic E-state index is 12.0. The van der Waals surface area contributed by atoms with Gasteiger partial charge in [-0.3, -0.25) is 4.18 Å². The lowest BCUT2D eigenvalue weighted by Crippen LogP contribution is -2.15. The number of hydrogen-bond acceptors (Lipinski definition) is 11. The summed E-state index contributed by atoms with van der Waals surface area (Å²) in [4.78, 5) is 0.132. The fourth-order valence-electron chi connectivity index (χ4n) is 2.74. The van der Waals surface area contributed by atoms with Gasteiger partial charge in [0.15, 0.2) is 0 Å². The Morgan fingerprint density at radius 2 is 0.842 bits per heavy atom. The van der Waals surface area contributed by atoms with Crippen LogP contribution in [0.15, 0.2) is 29.2 Å². The molecule has 0 saturated heterocycles. The van der Waals surface area contributed by atoms with E-state index in [2.05, 4.69) is 0 Å². The molecule has 0 spiro atoms. The van der Waals surface area contributed by atoms with Gasteiger partial charge in [-0.2, -0.15) is 8.42 Å². The van der Waals surface area contributed by atoms with Gasteiger partial charge in [0.1, 0.15) is 0 Å². The molecule has 0 unspecified atom stereocenters. The molecular weight excluding hydrogens is 520 g/mol. The molecule has 0 aliphatic carbocycles. The van der Waals surface area contributed by atoms with Crippen LogP contribution in [0.4, 0.5) is 0 Å². The predicted octanol–water partition coefficient (Wildman–Crippen LogP) is 2.24. The van der Waals surface area contributed by atoms with Gasteiger partial charge >= 0.3 is 0 Å². The van der Waals surface area contributed by atoms with Crippen molar-refractivity contribution >= 4 is 10.1 Å². The van der Waals surface area contributed by atoms with Gasteiger partial charge in [0, 0.05) is 0 Å². The third-order valence-corrected chi connectivity index (χ3v) is 6.01. The molecule has 0 heterocycles. The molecule has 0 aliphatic rings. The molecule has 0 saturated carbocycles. The van der Waals surface area contributed by atoms with Crippen LogP contribution in [-0.4, -0.2) is 120 Å². The molecule has 1 aromatic carbocycles. The zero-order chi connectivity index (χ0) is 27.7. The van der Waals surface area contributed by atoms with Gasteiger partial charge < -0.3 is 37.9 Å². The Balaban J connectivity index is 1.74. The summed E-state index contributed by atoms with van der Waals surface area (Å²) in [5.74, 6) is 0. The van der Waals surface area contributed by atoms with E-state index in [9.17, 15) is 8.42 Å². The maximum absolute atomic E-state index is 12.0. The molecule has 0 N–H and O–H groups in total. The average Bonchev–Trinajstić information content (AvgIpc) is 2.88. The number of benzene rings is 1. The molecule has 0 fully saturated rings. The lowest BCUT2D eigenvalue weighted by molar-refractivity contribution is -0.0258. The molecular formula is C26H46O11S. The van der Waals surface area contributed by atoms with Crippen molar-refractivity contribution in [3.63, 3.8) is 0 Å². The first-order valence-corrected chi connectivity index (χ1v) is 14.4. The fourth-order valence-corrected chi connectivity index (χ4v) is 3.63. The molecule has 0 radical (unpaired) electrons. The monoisotopic (exact) mass is 566 g/mol. The molecule has 38 heavy (non-hydrogen) atoms. The third-order valence-electron chi connectivity index (χ3n) is 4.69. The third kappa shape index (κ3) is 20.7. The van der Waals surface area contributed by atoms with Crippen LogP contribution in [0.1, 0.15) is 19.4 Å². The van der Waals surface area contributed by atoms with E-state index < -0.39 is 10.1 Å². The summed E-state index contributed by atoms with van der Waals surface area (Å²) in [6, 6.07) is 6.49. The van der Waals surface area contributed by atoms with E-state index in [0.717, 1.165) is 5.56 Å². The summed E-state index contributed by atoms with van der Waals surface area (Å²) in [5, 5.41) is 0. The van der Waals surface area contributed by atoms with E-state index in [1.54, 1.807) is 12.1 Å². The quantitative estimate of drug-likeness (QED) is 0.115. The van der Waals surface area contributed by atoms with Crippen LogP contribution >= 0.6 is 0 Å². The predicted molar refractivity (Wildman–Crippen MR) is 141 cm³/mol. The van der Waals surface area contributed by atoms with E-state index in [1.807, 2.05) is 20.8 Å². The Labute approximate surface area is 228 Å². The van der Waals surface area contributed by atoms with Crippen molar-refractivity contribution in [3.8, 4) is 0 Å². The molecule has 12 heteroatoms. The van der Waals surface area contributed by atoms with Crippen molar-refractivity contribution in [1.29, 1.82) is 0 Å². The molecule has 0 aliphatic heterocycles. The highest BCUT2D eigenvalue weighted by Crippen LogP contribution is 2.12. The number of rotatable bonds is 27. The van der Waals surface area contributed by atoms with Crippen molar-refractivity contribution in [3.05, 3.63) is 29.8 Å². The lowest BCUT2D eigenvalue weighted by Gasteiger charge is -2.09. The first-order chi connectivity index (χ1) is 18.4. The molecule has 0 amide bonds. The lowest BCUT2D eigenvalue weighted by atomic mass is 10.2. The van der Waals surface area contributed by atoms with Crippen LogP contribution in [0.3, 0.4) is 0 Å². The van der Waals surface area contributed by atoms with Crippen molar-refractivity contribution in [2.24, 2.45) is 0 Å². The summed E-state index contributed by atoms with van der Waals surface area (Å²) in [7, 11) is -3.76. The SMILES string of the molecule is Cc1ccc(S(=O)(=O)OCCOCCOCCOCCOCCOCCOCCOCCOC(C)C)cc1. The summed E-state index contributed by atoms with van der Waals surface area (Å²) in [6.07, 6.45) is 0.224. The van der Waals surface area contributed by atoms with E-state index in [4.69, 9.17) is 42.1 Å². The van der Waals surface area contributed by atoms with Crippen LogP contribution in [0.25, 0.3) is 0 Å². The Morgan fingerprint density at radius 3 is 1.18 bits per heavy atom. The Hall–Kier alpha value is -1.19. The van der Waals surface area contributed by atoms with E-state index >= 15 is 0 Å². The normalized spacial score (nSPS) is 12.0. The fraction of sp³-hybridized carbons (Fsp3) is 0.769. The highest BCUT2D eigenvalue weighted by Gasteiger charge is 2.14. The van der Waals surface area contributed by atoms with Crippen molar-refractivity contribution in [2.45, 2.75) is 31.8 Å². The van der Waals surface area contributed by atoms with Crippen LogP contribution in [0.2, 0.25) is 0 Å². The van der Waals surface area contributed by atoms with Crippen molar-refractivity contribution in [1.82, 2.24) is 0 Å². The number of ether oxygens (including phenoxy) is 8. The minimum absolute atomic E-state index is 0.0527. The van der Waals surface area contributed by atoms with Gasteiger partial charge in [-0.05, 0) is 32.9 Å². The standard InChI is InChI=1S/C26H46O11S/c1-24(2)36-22-20-34-18-16-32-14-12-30-10-8-29-9-11-31-13-15-33-17-19-35-21-23-37-38(27,28)26-6-4-25(3)5-7-26/h4-7,24H,8-23H2,1-3H3. The smallest absolute Gasteiger partial charge is 0.297 e. The van der Waals surface area contributed by atoms with E-state index in [1.165, 1.54) is 12.1 Å². The van der Waals surface area contributed by atoms with Gasteiger partial charge in [0.25, 0.3) is 10.1 Å². The molecule has 0 aromatic heterocycles. The molecule has 0 atom stereocenters. The molecule has 222 valence electrons. The molecule has 0 bridgehead atoms. The minimum atomic E-state index is -3.76. The Bertz CT molecular complexity index is 757. The zero-order valence-electron chi connectivity index (χ0n) is 23.1. The van der Waals surface area contributed by atoms with Gasteiger partial charge in [-0.15, -0.1) is 0 Å². The summed E-state index contributed by atoms with van der Waals surface area (Å²) >= 11 is 0. The van der Waals surface area contributed by atoms with E-state index in [0.29, 0.717) is 92.5 Å². The molecule has 1 aromatic rings. The van der Waals surface area contributed by atoms with Gasteiger partial charge in [0.2, 0.25) is 0 Å². The maximum Gasteiger partial charge on any atom is 0.297 e. The molecule has 1 rings (SSSR count). The van der Waals surface area contributed by atoms with Crippen molar-refractivity contribution < 1.29 is 50.5 Å². The number of hydrogen-bond donors (Lipinski definition) is 0. The first-order valence-electron chi connectivity index (χ1n) is 13.0. The summed E-state index contributed by atoms with van der Waals surface area (Å²) in [6.45, 7) is 12.8. The van der Waals surface area contributed by atoms with Gasteiger partial charge in [-0.25, -0.2) is 0 Å². The largest absolute Gasteiger partial charge is 0.377 e. The summed E-state index contributed by atoms with van der Waals surface area (Å²) in [5.41, 5.74) is 0.979. The number of aryl methyl sites for hydroxylation is 1. The topological polar surface area (TPSA) is 117 Å². The van der Waals surface area contributed by atoms with Crippen LogP contribution in [0, 0.1) is 6.92 Å². The molecule has 11 nitrogen and oxygen atoms in total.